The van der Waals surface area contributed by atoms with E-state index in [4.69, 9.17) is 8.85 Å². The molecule has 0 spiro atoms. The van der Waals surface area contributed by atoms with E-state index in [9.17, 15) is 0 Å². The Balaban J connectivity index is 5.52. The first-order valence-corrected chi connectivity index (χ1v) is 16.1. The first-order valence-electron chi connectivity index (χ1n) is 11.0. The average molecular weight is 415 g/mol. The van der Waals surface area contributed by atoms with Gasteiger partial charge in [-0.05, 0) is 46.7 Å². The van der Waals surface area contributed by atoms with Gasteiger partial charge in [-0.2, -0.15) is 0 Å². The topological polar surface area (TPSA) is 18.5 Å². The van der Waals surface area contributed by atoms with Gasteiger partial charge >= 0.3 is 0 Å². The number of rotatable bonds is 10. The summed E-state index contributed by atoms with van der Waals surface area (Å²) in [7, 11) is -3.64. The van der Waals surface area contributed by atoms with E-state index in [2.05, 4.69) is 102 Å². The molecule has 0 bridgehead atoms. The van der Waals surface area contributed by atoms with Gasteiger partial charge in [0.1, 0.15) is 0 Å². The van der Waals surface area contributed by atoms with E-state index >= 15 is 0 Å². The molecule has 0 saturated carbocycles. The van der Waals surface area contributed by atoms with E-state index < -0.39 is 16.6 Å². The van der Waals surface area contributed by atoms with Crippen molar-refractivity contribution in [2.75, 3.05) is 0 Å². The van der Waals surface area contributed by atoms with Gasteiger partial charge in [-0.3, -0.25) is 0 Å². The maximum atomic E-state index is 7.14. The molecule has 0 unspecified atom stereocenters. The maximum Gasteiger partial charge on any atom is 0.249 e. The van der Waals surface area contributed by atoms with Gasteiger partial charge in [0.05, 0.1) is 12.4 Å². The van der Waals surface area contributed by atoms with Crippen molar-refractivity contribution in [3.05, 3.63) is 12.3 Å². The third kappa shape index (κ3) is 6.74. The maximum absolute atomic E-state index is 7.14. The van der Waals surface area contributed by atoms with Crippen LogP contribution in [0.4, 0.5) is 0 Å². The second-order valence-corrected chi connectivity index (χ2v) is 21.4. The summed E-state index contributed by atoms with van der Waals surface area (Å²) in [4.78, 5) is 0. The third-order valence-electron chi connectivity index (χ3n) is 6.77. The van der Waals surface area contributed by atoms with E-state index in [1.54, 1.807) is 0 Å². The molecule has 162 valence electrons. The third-order valence-corrected chi connectivity index (χ3v) is 17.2. The first kappa shape index (κ1) is 26.9. The molecular formula is C23H50O2Si2. The summed E-state index contributed by atoms with van der Waals surface area (Å²) < 4.78 is 13.4. The quantitative estimate of drug-likeness (QED) is 0.264. The largest absolute Gasteiger partial charge is 0.549 e. The van der Waals surface area contributed by atoms with Crippen molar-refractivity contribution in [2.24, 2.45) is 11.8 Å². The molecule has 27 heavy (non-hydrogen) atoms. The van der Waals surface area contributed by atoms with E-state index in [1.165, 1.54) is 0 Å². The average Bonchev–Trinajstić information content (AvgIpc) is 2.44. The van der Waals surface area contributed by atoms with Crippen LogP contribution in [0.2, 0.25) is 34.8 Å². The van der Waals surface area contributed by atoms with Crippen molar-refractivity contribution in [1.29, 1.82) is 0 Å². The molecule has 0 aliphatic rings. The Morgan fingerprint density at radius 1 is 0.741 bits per heavy atom. The Labute approximate surface area is 173 Å². The lowest BCUT2D eigenvalue weighted by molar-refractivity contribution is 0.0948. The number of hydrogen-bond donors (Lipinski definition) is 0. The fourth-order valence-corrected chi connectivity index (χ4v) is 10.7. The standard InChI is InChI=1S/C23H50O2Si2/c1-17(2)22(25-27(18(3)4,19(5)6)20(7)8)21(9)15-16-24-26(13,14)23(10,11)12/h15-22H,1-14H3/b16-15+/t21-,22+/m0/s1. The lowest BCUT2D eigenvalue weighted by Crippen LogP contribution is -2.52. The van der Waals surface area contributed by atoms with Gasteiger partial charge in [0.2, 0.25) is 16.6 Å². The van der Waals surface area contributed by atoms with Crippen molar-refractivity contribution in [3.63, 3.8) is 0 Å². The highest BCUT2D eigenvalue weighted by atomic mass is 28.4. The highest BCUT2D eigenvalue weighted by molar-refractivity contribution is 6.77. The van der Waals surface area contributed by atoms with Crippen LogP contribution in [0.15, 0.2) is 12.3 Å². The van der Waals surface area contributed by atoms with Crippen LogP contribution < -0.4 is 0 Å². The van der Waals surface area contributed by atoms with E-state index in [1.807, 2.05) is 6.26 Å². The Morgan fingerprint density at radius 3 is 1.44 bits per heavy atom. The molecule has 0 radical (unpaired) electrons. The molecule has 0 N–H and O–H groups in total. The van der Waals surface area contributed by atoms with Gasteiger partial charge in [0, 0.05) is 5.92 Å². The minimum atomic E-state index is -1.89. The molecule has 0 rings (SSSR count). The van der Waals surface area contributed by atoms with Crippen LogP contribution in [0.25, 0.3) is 0 Å². The fraction of sp³-hybridized carbons (Fsp3) is 0.913. The highest BCUT2D eigenvalue weighted by Crippen LogP contribution is 2.44. The van der Waals surface area contributed by atoms with Crippen molar-refractivity contribution < 1.29 is 8.85 Å². The Hall–Kier alpha value is -0.0662. The summed E-state index contributed by atoms with van der Waals surface area (Å²) in [5, 5.41) is 0.226. The van der Waals surface area contributed by atoms with Crippen LogP contribution in [0.5, 0.6) is 0 Å². The van der Waals surface area contributed by atoms with Gasteiger partial charge in [-0.25, -0.2) is 0 Å². The van der Waals surface area contributed by atoms with Crippen LogP contribution >= 0.6 is 0 Å². The van der Waals surface area contributed by atoms with Gasteiger partial charge in [-0.15, -0.1) is 0 Å². The molecule has 0 fully saturated rings. The summed E-state index contributed by atoms with van der Waals surface area (Å²) in [5.74, 6) is 0.832. The predicted octanol–water partition coefficient (Wildman–Crippen LogP) is 8.37. The lowest BCUT2D eigenvalue weighted by Gasteiger charge is -2.46. The van der Waals surface area contributed by atoms with Crippen LogP contribution in [0.3, 0.4) is 0 Å². The van der Waals surface area contributed by atoms with E-state index in [0.717, 1.165) is 0 Å². The molecule has 2 atom stereocenters. The zero-order valence-electron chi connectivity index (χ0n) is 20.9. The van der Waals surface area contributed by atoms with Crippen molar-refractivity contribution in [3.8, 4) is 0 Å². The van der Waals surface area contributed by atoms with Gasteiger partial charge < -0.3 is 8.85 Å². The smallest absolute Gasteiger partial charge is 0.249 e. The predicted molar refractivity (Wildman–Crippen MR) is 127 cm³/mol. The highest BCUT2D eigenvalue weighted by Gasteiger charge is 2.47. The summed E-state index contributed by atoms with van der Waals surface area (Å²) >= 11 is 0. The van der Waals surface area contributed by atoms with Crippen LogP contribution in [-0.2, 0) is 8.85 Å². The minimum Gasteiger partial charge on any atom is -0.549 e. The summed E-state index contributed by atoms with van der Waals surface area (Å²) in [6, 6.07) is 0. The Morgan fingerprint density at radius 2 is 1.15 bits per heavy atom. The minimum absolute atomic E-state index is 0.226. The molecule has 0 aliphatic heterocycles. The zero-order chi connectivity index (χ0) is 21.8. The van der Waals surface area contributed by atoms with Crippen molar-refractivity contribution in [1.82, 2.24) is 0 Å². The molecule has 4 heteroatoms. The Bertz CT molecular complexity index is 438. The van der Waals surface area contributed by atoms with E-state index in [-0.39, 0.29) is 11.1 Å². The van der Waals surface area contributed by atoms with Crippen LogP contribution in [0.1, 0.15) is 83.1 Å². The summed E-state index contributed by atoms with van der Waals surface area (Å²) in [6.07, 6.45) is 4.46. The molecule has 2 nitrogen and oxygen atoms in total. The number of hydrogen-bond acceptors (Lipinski definition) is 2. The second-order valence-electron chi connectivity index (χ2n) is 11.2. The molecule has 0 aliphatic carbocycles. The molecule has 0 saturated heterocycles. The SMILES string of the molecule is CC(C)[C@@H](O[Si](C(C)C)(C(C)C)C(C)C)[C@@H](C)/C=C/O[Si](C)(C)C(C)(C)C. The molecular weight excluding hydrogens is 364 g/mol. The van der Waals surface area contributed by atoms with Gasteiger partial charge in [0.15, 0.2) is 0 Å². The Kier molecular flexibility index (Phi) is 10.1. The molecule has 0 aromatic carbocycles. The van der Waals surface area contributed by atoms with Crippen molar-refractivity contribution >= 4 is 16.6 Å². The molecule has 0 heterocycles. The second kappa shape index (κ2) is 10.1. The zero-order valence-corrected chi connectivity index (χ0v) is 22.9. The van der Waals surface area contributed by atoms with Gasteiger partial charge in [0.25, 0.3) is 0 Å². The lowest BCUT2D eigenvalue weighted by atomic mass is 9.95. The normalized spacial score (nSPS) is 16.8. The van der Waals surface area contributed by atoms with Crippen molar-refractivity contribution in [2.45, 2.75) is 124 Å². The fourth-order valence-electron chi connectivity index (χ4n) is 4.11. The van der Waals surface area contributed by atoms with E-state index in [0.29, 0.717) is 28.5 Å². The first-order chi connectivity index (χ1) is 12.0. The summed E-state index contributed by atoms with van der Waals surface area (Å²) in [5.41, 5.74) is 1.83. The van der Waals surface area contributed by atoms with Gasteiger partial charge in [-0.1, -0.05) is 83.1 Å². The molecule has 0 aromatic rings. The monoisotopic (exact) mass is 414 g/mol. The molecule has 0 aromatic heterocycles. The van der Waals surface area contributed by atoms with Crippen LogP contribution in [0, 0.1) is 11.8 Å². The summed E-state index contributed by atoms with van der Waals surface area (Å²) in [6.45, 7) is 32.5. The molecule has 0 amide bonds. The van der Waals surface area contributed by atoms with Crippen LogP contribution in [-0.4, -0.2) is 22.7 Å².